The average Bonchev–Trinajstić information content (AvgIpc) is 3.06. The van der Waals surface area contributed by atoms with Crippen molar-refractivity contribution >= 4 is 17.2 Å². The quantitative estimate of drug-likeness (QED) is 0.733. The van der Waals surface area contributed by atoms with Crippen LogP contribution >= 0.6 is 0 Å². The van der Waals surface area contributed by atoms with E-state index in [1.807, 2.05) is 52.9 Å². The van der Waals surface area contributed by atoms with E-state index in [2.05, 4.69) is 6.07 Å². The van der Waals surface area contributed by atoms with Gasteiger partial charge in [-0.25, -0.2) is 4.98 Å². The van der Waals surface area contributed by atoms with Gasteiger partial charge in [0, 0.05) is 37.1 Å². The van der Waals surface area contributed by atoms with Crippen molar-refractivity contribution in [2.24, 2.45) is 0 Å². The summed E-state index contributed by atoms with van der Waals surface area (Å²) in [6, 6.07) is 10.1. The minimum atomic E-state index is 0.0998. The predicted octanol–water partition coefficient (Wildman–Crippen LogP) is 3.70. The highest BCUT2D eigenvalue weighted by molar-refractivity contribution is 5.93. The molecule has 0 saturated carbocycles. The lowest BCUT2D eigenvalue weighted by molar-refractivity contribution is -0.116. The molecule has 1 amide bonds. The second-order valence-corrected chi connectivity index (χ2v) is 6.28. The summed E-state index contributed by atoms with van der Waals surface area (Å²) < 4.78 is 7.66. The number of hydrogen-bond donors (Lipinski definition) is 0. The van der Waals surface area contributed by atoms with Gasteiger partial charge in [-0.1, -0.05) is 6.07 Å². The van der Waals surface area contributed by atoms with Crippen molar-refractivity contribution in [1.29, 1.82) is 0 Å². The number of aromatic nitrogens is 2. The second kappa shape index (κ2) is 6.24. The van der Waals surface area contributed by atoms with E-state index in [1.54, 1.807) is 6.92 Å². The summed E-state index contributed by atoms with van der Waals surface area (Å²) >= 11 is 0. The maximum absolute atomic E-state index is 11.8. The van der Waals surface area contributed by atoms with Crippen LogP contribution in [-0.2, 0) is 11.2 Å². The van der Waals surface area contributed by atoms with Crippen LogP contribution in [0, 0.1) is 0 Å². The zero-order valence-corrected chi connectivity index (χ0v) is 14.5. The Balaban J connectivity index is 1.77. The Bertz CT molecular complexity index is 945. The molecule has 5 heteroatoms. The number of anilines is 1. The van der Waals surface area contributed by atoms with Gasteiger partial charge in [0.25, 0.3) is 0 Å². The monoisotopic (exact) mass is 335 g/mol. The van der Waals surface area contributed by atoms with E-state index in [4.69, 9.17) is 9.72 Å². The molecule has 128 valence electrons. The van der Waals surface area contributed by atoms with E-state index in [0.29, 0.717) is 6.61 Å². The number of carbonyl (C=O) groups excluding carboxylic acids is 1. The number of rotatable bonds is 3. The van der Waals surface area contributed by atoms with Gasteiger partial charge >= 0.3 is 0 Å². The largest absolute Gasteiger partial charge is 0.490 e. The molecule has 5 nitrogen and oxygen atoms in total. The fraction of sp³-hybridized carbons (Fsp3) is 0.300. The molecule has 0 unspecified atom stereocenters. The first kappa shape index (κ1) is 15.7. The van der Waals surface area contributed by atoms with Gasteiger partial charge in [0.2, 0.25) is 5.91 Å². The normalized spacial score (nSPS) is 13.8. The van der Waals surface area contributed by atoms with Crippen LogP contribution in [0.25, 0.3) is 16.9 Å². The number of pyridine rings is 1. The minimum absolute atomic E-state index is 0.0998. The molecule has 0 spiro atoms. The van der Waals surface area contributed by atoms with Crippen molar-refractivity contribution in [3.05, 3.63) is 48.3 Å². The van der Waals surface area contributed by atoms with E-state index in [0.717, 1.165) is 47.7 Å². The Morgan fingerprint density at radius 1 is 1.32 bits per heavy atom. The number of hydrogen-bond acceptors (Lipinski definition) is 3. The average molecular weight is 335 g/mol. The molecule has 2 aromatic heterocycles. The summed E-state index contributed by atoms with van der Waals surface area (Å²) in [6.07, 6.45) is 5.98. The molecule has 0 aliphatic carbocycles. The van der Waals surface area contributed by atoms with Crippen LogP contribution in [-0.4, -0.2) is 28.4 Å². The molecule has 1 aliphatic rings. The Hall–Kier alpha value is -2.82. The third-order valence-corrected chi connectivity index (χ3v) is 4.62. The molecular formula is C20H21N3O2. The van der Waals surface area contributed by atoms with Gasteiger partial charge in [0.05, 0.1) is 12.3 Å². The van der Waals surface area contributed by atoms with Gasteiger partial charge in [-0.05, 0) is 49.6 Å². The summed E-state index contributed by atoms with van der Waals surface area (Å²) in [5.41, 5.74) is 5.04. The molecular weight excluding hydrogens is 314 g/mol. The number of ether oxygens (including phenoxy) is 1. The Labute approximate surface area is 146 Å². The number of benzene rings is 1. The molecule has 3 aromatic rings. The zero-order chi connectivity index (χ0) is 17.4. The summed E-state index contributed by atoms with van der Waals surface area (Å²) in [6.45, 7) is 5.01. The smallest absolute Gasteiger partial charge is 0.223 e. The zero-order valence-electron chi connectivity index (χ0n) is 14.5. The molecule has 25 heavy (non-hydrogen) atoms. The van der Waals surface area contributed by atoms with Crippen LogP contribution in [0.1, 0.15) is 25.8 Å². The van der Waals surface area contributed by atoms with E-state index in [9.17, 15) is 4.79 Å². The Morgan fingerprint density at radius 3 is 3.00 bits per heavy atom. The molecule has 0 N–H and O–H groups in total. The van der Waals surface area contributed by atoms with Crippen molar-refractivity contribution in [3.8, 4) is 17.0 Å². The summed E-state index contributed by atoms with van der Waals surface area (Å²) in [7, 11) is 0. The highest BCUT2D eigenvalue weighted by Crippen LogP contribution is 2.32. The van der Waals surface area contributed by atoms with Crippen LogP contribution in [0.5, 0.6) is 5.75 Å². The van der Waals surface area contributed by atoms with Crippen LogP contribution in [0.4, 0.5) is 5.69 Å². The first-order valence-electron chi connectivity index (χ1n) is 8.69. The van der Waals surface area contributed by atoms with Gasteiger partial charge in [0.15, 0.2) is 11.4 Å². The predicted molar refractivity (Wildman–Crippen MR) is 98.1 cm³/mol. The summed E-state index contributed by atoms with van der Waals surface area (Å²) in [5.74, 6) is 0.889. The lowest BCUT2D eigenvalue weighted by Gasteiger charge is -2.28. The van der Waals surface area contributed by atoms with Crippen LogP contribution in [0.3, 0.4) is 0 Å². The number of carbonyl (C=O) groups is 1. The second-order valence-electron chi connectivity index (χ2n) is 6.28. The van der Waals surface area contributed by atoms with E-state index in [1.165, 1.54) is 5.56 Å². The molecule has 0 fully saturated rings. The van der Waals surface area contributed by atoms with Gasteiger partial charge in [-0.3, -0.25) is 4.79 Å². The van der Waals surface area contributed by atoms with Crippen LogP contribution in [0.2, 0.25) is 0 Å². The third-order valence-electron chi connectivity index (χ3n) is 4.62. The Morgan fingerprint density at radius 2 is 2.20 bits per heavy atom. The molecule has 1 aromatic carbocycles. The number of imidazole rings is 1. The minimum Gasteiger partial charge on any atom is -0.490 e. The first-order valence-corrected chi connectivity index (χ1v) is 8.69. The fourth-order valence-corrected chi connectivity index (χ4v) is 3.48. The van der Waals surface area contributed by atoms with E-state index >= 15 is 0 Å². The third kappa shape index (κ3) is 2.76. The fourth-order valence-electron chi connectivity index (χ4n) is 3.48. The lowest BCUT2D eigenvalue weighted by Crippen LogP contribution is -2.33. The molecule has 0 radical (unpaired) electrons. The van der Waals surface area contributed by atoms with E-state index < -0.39 is 0 Å². The molecule has 4 rings (SSSR count). The van der Waals surface area contributed by atoms with Gasteiger partial charge < -0.3 is 14.0 Å². The SMILES string of the molecule is CCOc1cccn2cc(-c3ccc4c(c3)CCCN4C(C)=O)nc12. The molecule has 0 bridgehead atoms. The number of fused-ring (bicyclic) bond motifs is 2. The first-order chi connectivity index (χ1) is 12.2. The number of aryl methyl sites for hydroxylation is 1. The van der Waals surface area contributed by atoms with Crippen molar-refractivity contribution in [1.82, 2.24) is 9.38 Å². The summed E-state index contributed by atoms with van der Waals surface area (Å²) in [4.78, 5) is 18.5. The van der Waals surface area contributed by atoms with Crippen molar-refractivity contribution in [2.45, 2.75) is 26.7 Å². The van der Waals surface area contributed by atoms with Crippen molar-refractivity contribution in [2.75, 3.05) is 18.1 Å². The maximum atomic E-state index is 11.8. The lowest BCUT2D eigenvalue weighted by atomic mass is 9.98. The van der Waals surface area contributed by atoms with Crippen molar-refractivity contribution < 1.29 is 9.53 Å². The van der Waals surface area contributed by atoms with Crippen molar-refractivity contribution in [3.63, 3.8) is 0 Å². The topological polar surface area (TPSA) is 46.8 Å². The highest BCUT2D eigenvalue weighted by atomic mass is 16.5. The Kier molecular flexibility index (Phi) is 3.92. The molecule has 0 atom stereocenters. The maximum Gasteiger partial charge on any atom is 0.223 e. The van der Waals surface area contributed by atoms with Gasteiger partial charge in [0.1, 0.15) is 0 Å². The summed E-state index contributed by atoms with van der Waals surface area (Å²) in [5, 5.41) is 0. The van der Waals surface area contributed by atoms with Gasteiger partial charge in [-0.2, -0.15) is 0 Å². The molecule has 3 heterocycles. The standard InChI is InChI=1S/C20H21N3O2/c1-3-25-19-7-5-10-22-13-17(21-20(19)22)15-8-9-18-16(12-15)6-4-11-23(18)14(2)24/h5,7-10,12-13H,3-4,6,11H2,1-2H3. The van der Waals surface area contributed by atoms with Crippen LogP contribution < -0.4 is 9.64 Å². The van der Waals surface area contributed by atoms with Crippen LogP contribution in [0.15, 0.2) is 42.7 Å². The van der Waals surface area contributed by atoms with E-state index in [-0.39, 0.29) is 5.91 Å². The molecule has 0 saturated heterocycles. The highest BCUT2D eigenvalue weighted by Gasteiger charge is 2.20. The molecule has 1 aliphatic heterocycles. The van der Waals surface area contributed by atoms with Gasteiger partial charge in [-0.15, -0.1) is 0 Å². The number of amides is 1. The number of nitrogens with zero attached hydrogens (tertiary/aromatic N) is 3.